The van der Waals surface area contributed by atoms with Crippen LogP contribution in [-0.4, -0.2) is 0 Å². The highest BCUT2D eigenvalue weighted by molar-refractivity contribution is 14.1. The summed E-state index contributed by atoms with van der Waals surface area (Å²) in [5.74, 6) is 0. The lowest BCUT2D eigenvalue weighted by atomic mass is 10.3. The fraction of sp³-hybridized carbons (Fsp3) is 0. The SMILES string of the molecule is Clc1cc2ccc(I)c(Br)c2s1. The Morgan fingerprint density at radius 2 is 2.17 bits per heavy atom. The lowest BCUT2D eigenvalue weighted by Crippen LogP contribution is -1.72. The van der Waals surface area contributed by atoms with Gasteiger partial charge in [0.15, 0.2) is 0 Å². The highest BCUT2D eigenvalue weighted by Crippen LogP contribution is 2.36. The van der Waals surface area contributed by atoms with Gasteiger partial charge in [-0.05, 0) is 56.0 Å². The van der Waals surface area contributed by atoms with E-state index in [1.807, 2.05) is 6.07 Å². The van der Waals surface area contributed by atoms with Gasteiger partial charge in [-0.2, -0.15) is 0 Å². The van der Waals surface area contributed by atoms with Gasteiger partial charge in [0.05, 0.1) is 9.04 Å². The van der Waals surface area contributed by atoms with Crippen LogP contribution >= 0.6 is 61.5 Å². The van der Waals surface area contributed by atoms with Crippen molar-refractivity contribution < 1.29 is 0 Å². The molecule has 0 aliphatic heterocycles. The molecule has 0 atom stereocenters. The molecule has 0 aliphatic carbocycles. The number of fused-ring (bicyclic) bond motifs is 1. The van der Waals surface area contributed by atoms with Gasteiger partial charge in [-0.3, -0.25) is 0 Å². The molecule has 0 unspecified atom stereocenters. The first-order valence-electron chi connectivity index (χ1n) is 3.21. The molecule has 0 radical (unpaired) electrons. The van der Waals surface area contributed by atoms with E-state index < -0.39 is 0 Å². The van der Waals surface area contributed by atoms with Crippen LogP contribution in [0.3, 0.4) is 0 Å². The van der Waals surface area contributed by atoms with Gasteiger partial charge in [-0.25, -0.2) is 0 Å². The van der Waals surface area contributed by atoms with Crippen molar-refractivity contribution in [1.82, 2.24) is 0 Å². The molecule has 0 saturated heterocycles. The largest absolute Gasteiger partial charge is 0.122 e. The van der Waals surface area contributed by atoms with Crippen molar-refractivity contribution in [2.24, 2.45) is 0 Å². The van der Waals surface area contributed by atoms with Gasteiger partial charge in [-0.1, -0.05) is 17.7 Å². The van der Waals surface area contributed by atoms with Crippen molar-refractivity contribution in [1.29, 1.82) is 0 Å². The van der Waals surface area contributed by atoms with Gasteiger partial charge in [0, 0.05) is 8.04 Å². The Kier molecular flexibility index (Phi) is 2.65. The Labute approximate surface area is 101 Å². The summed E-state index contributed by atoms with van der Waals surface area (Å²) in [5, 5.41) is 1.21. The molecule has 0 amide bonds. The number of halogens is 3. The van der Waals surface area contributed by atoms with Crippen LogP contribution in [0.25, 0.3) is 10.1 Å². The van der Waals surface area contributed by atoms with Gasteiger partial charge in [0.1, 0.15) is 0 Å². The minimum Gasteiger partial charge on any atom is -0.122 e. The van der Waals surface area contributed by atoms with Crippen molar-refractivity contribution in [3.63, 3.8) is 0 Å². The molecule has 4 heteroatoms. The van der Waals surface area contributed by atoms with E-state index in [0.717, 1.165) is 8.81 Å². The van der Waals surface area contributed by atoms with E-state index in [0.29, 0.717) is 0 Å². The summed E-state index contributed by atoms with van der Waals surface area (Å²) in [7, 11) is 0. The highest BCUT2D eigenvalue weighted by atomic mass is 127. The summed E-state index contributed by atoms with van der Waals surface area (Å²) in [6.07, 6.45) is 0. The van der Waals surface area contributed by atoms with E-state index in [-0.39, 0.29) is 0 Å². The Bertz CT molecular complexity index is 438. The topological polar surface area (TPSA) is 0 Å². The zero-order valence-corrected chi connectivity index (χ0v) is 11.1. The van der Waals surface area contributed by atoms with Gasteiger partial charge in [0.25, 0.3) is 0 Å². The molecule has 0 nitrogen and oxygen atoms in total. The second kappa shape index (κ2) is 3.44. The summed E-state index contributed by atoms with van der Waals surface area (Å²) in [6, 6.07) is 6.16. The minimum absolute atomic E-state index is 0.840. The molecule has 12 heavy (non-hydrogen) atoms. The molecule has 1 aromatic heterocycles. The van der Waals surface area contributed by atoms with Crippen LogP contribution < -0.4 is 0 Å². The van der Waals surface area contributed by atoms with Crippen LogP contribution in [-0.2, 0) is 0 Å². The predicted octanol–water partition coefficient (Wildman–Crippen LogP) is 4.92. The molecule has 0 bridgehead atoms. The quantitative estimate of drug-likeness (QED) is 0.575. The average molecular weight is 373 g/mol. The molecule has 2 aromatic rings. The van der Waals surface area contributed by atoms with Crippen molar-refractivity contribution in [3.05, 3.63) is 30.6 Å². The monoisotopic (exact) mass is 372 g/mol. The van der Waals surface area contributed by atoms with E-state index >= 15 is 0 Å². The molecule has 1 heterocycles. The maximum atomic E-state index is 5.90. The molecule has 0 fully saturated rings. The molecule has 0 spiro atoms. The van der Waals surface area contributed by atoms with Gasteiger partial charge < -0.3 is 0 Å². The molecule has 62 valence electrons. The smallest absolute Gasteiger partial charge is 0.0941 e. The van der Waals surface area contributed by atoms with Crippen LogP contribution in [0.5, 0.6) is 0 Å². The number of hydrogen-bond donors (Lipinski definition) is 0. The normalized spacial score (nSPS) is 10.9. The predicted molar refractivity (Wildman–Crippen MR) is 67.3 cm³/mol. The average Bonchev–Trinajstić information content (AvgIpc) is 2.39. The molecule has 2 rings (SSSR count). The molecule has 1 aromatic carbocycles. The number of rotatable bonds is 0. The van der Waals surface area contributed by atoms with Crippen LogP contribution in [0.1, 0.15) is 0 Å². The number of thiophene rings is 1. The lowest BCUT2D eigenvalue weighted by Gasteiger charge is -1.95. The lowest BCUT2D eigenvalue weighted by molar-refractivity contribution is 1.70. The van der Waals surface area contributed by atoms with Crippen molar-refractivity contribution >= 4 is 71.5 Å². The molecule has 0 aliphatic rings. The summed E-state index contributed by atoms with van der Waals surface area (Å²) >= 11 is 13.3. The fourth-order valence-corrected chi connectivity index (χ4v) is 3.42. The van der Waals surface area contributed by atoms with E-state index in [1.54, 1.807) is 11.3 Å². The Balaban J connectivity index is 2.89. The summed E-state index contributed by atoms with van der Waals surface area (Å²) in [6.45, 7) is 0. The van der Waals surface area contributed by atoms with Crippen LogP contribution in [0.15, 0.2) is 22.7 Å². The summed E-state index contributed by atoms with van der Waals surface area (Å²) in [4.78, 5) is 0. The second-order valence-electron chi connectivity index (χ2n) is 2.33. The van der Waals surface area contributed by atoms with E-state index in [4.69, 9.17) is 11.6 Å². The standard InChI is InChI=1S/C8H3BrClIS/c9-7-5(11)2-1-4-3-6(10)12-8(4)7/h1-3H. The zero-order valence-electron chi connectivity index (χ0n) is 5.77. The second-order valence-corrected chi connectivity index (χ2v) is 5.97. The van der Waals surface area contributed by atoms with E-state index in [9.17, 15) is 0 Å². The maximum Gasteiger partial charge on any atom is 0.0941 e. The van der Waals surface area contributed by atoms with Crippen molar-refractivity contribution in [2.75, 3.05) is 0 Å². The third kappa shape index (κ3) is 1.52. The van der Waals surface area contributed by atoms with Crippen molar-refractivity contribution in [3.8, 4) is 0 Å². The third-order valence-electron chi connectivity index (χ3n) is 1.55. The first kappa shape index (κ1) is 9.24. The number of hydrogen-bond acceptors (Lipinski definition) is 1. The van der Waals surface area contributed by atoms with E-state index in [1.165, 1.54) is 13.7 Å². The van der Waals surface area contributed by atoms with Gasteiger partial charge in [0.2, 0.25) is 0 Å². The van der Waals surface area contributed by atoms with E-state index in [2.05, 4.69) is 50.7 Å². The number of benzene rings is 1. The Hall–Kier alpha value is 0.680. The fourth-order valence-electron chi connectivity index (χ4n) is 1.01. The molecular weight excluding hydrogens is 370 g/mol. The van der Waals surface area contributed by atoms with Gasteiger partial charge >= 0.3 is 0 Å². The van der Waals surface area contributed by atoms with Crippen LogP contribution in [0, 0.1) is 3.57 Å². The Morgan fingerprint density at radius 3 is 2.92 bits per heavy atom. The molecule has 0 saturated carbocycles. The first-order valence-corrected chi connectivity index (χ1v) is 6.28. The summed E-state index contributed by atoms with van der Waals surface area (Å²) in [5.41, 5.74) is 0. The summed E-state index contributed by atoms with van der Waals surface area (Å²) < 4.78 is 4.44. The highest BCUT2D eigenvalue weighted by Gasteiger charge is 2.05. The van der Waals surface area contributed by atoms with Crippen LogP contribution in [0.2, 0.25) is 4.34 Å². The maximum absolute atomic E-state index is 5.90. The van der Waals surface area contributed by atoms with Crippen molar-refractivity contribution in [2.45, 2.75) is 0 Å². The Morgan fingerprint density at radius 1 is 1.42 bits per heavy atom. The third-order valence-corrected chi connectivity index (χ3v) is 5.57. The molecular formula is C8H3BrClIS. The molecule has 0 N–H and O–H groups in total. The zero-order chi connectivity index (χ0) is 8.72. The minimum atomic E-state index is 0.840. The van der Waals surface area contributed by atoms with Crippen LogP contribution in [0.4, 0.5) is 0 Å². The van der Waals surface area contributed by atoms with Gasteiger partial charge in [-0.15, -0.1) is 11.3 Å². The first-order chi connectivity index (χ1) is 5.68.